The Labute approximate surface area is 81.5 Å². The van der Waals surface area contributed by atoms with E-state index in [9.17, 15) is 26.7 Å². The molecule has 0 N–H and O–H groups in total. The topological polar surface area (TPSA) is 38.8 Å². The average molecular weight is 237 g/mol. The molecule has 0 unspecified atom stereocenters. The maximum Gasteiger partial charge on any atom is 0.470 e. The first-order chi connectivity index (χ1) is 6.68. The summed E-state index contributed by atoms with van der Waals surface area (Å²) >= 11 is 0. The van der Waals surface area contributed by atoms with Gasteiger partial charge in [-0.05, 0) is 0 Å². The van der Waals surface area contributed by atoms with E-state index in [1.807, 2.05) is 0 Å². The first-order valence-corrected chi connectivity index (χ1v) is 3.50. The van der Waals surface area contributed by atoms with E-state index in [1.165, 1.54) is 0 Å². The molecule has 9 heteroatoms. The van der Waals surface area contributed by atoms with Gasteiger partial charge >= 0.3 is 18.1 Å². The number of halogens is 5. The average Bonchev–Trinajstić information content (AvgIpc) is 2.15. The molecule has 0 atom stereocenters. The highest BCUT2D eigenvalue weighted by molar-refractivity contribution is 5.66. The molecule has 4 nitrogen and oxygen atoms in total. The molecule has 0 radical (unpaired) electrons. The van der Waals surface area contributed by atoms with Gasteiger partial charge in [-0.25, -0.2) is 9.18 Å². The lowest BCUT2D eigenvalue weighted by Crippen LogP contribution is -2.47. The largest absolute Gasteiger partial charge is 0.470 e. The minimum Gasteiger partial charge on any atom is -0.378 e. The molecule has 0 aliphatic heterocycles. The number of hydrogen-bond acceptors (Lipinski definition) is 3. The molecule has 0 saturated heterocycles. The number of rotatable bonds is 4. The third kappa shape index (κ3) is 3.18. The summed E-state index contributed by atoms with van der Waals surface area (Å²) in [6, 6.07) is 0. The molecule has 90 valence electrons. The zero-order valence-electron chi connectivity index (χ0n) is 7.77. The molecule has 0 heterocycles. The monoisotopic (exact) mass is 237 g/mol. The molecule has 0 aliphatic rings. The van der Waals surface area contributed by atoms with Crippen LogP contribution in [0.5, 0.6) is 0 Å². The van der Waals surface area contributed by atoms with E-state index < -0.39 is 24.8 Å². The second-order valence-corrected chi connectivity index (χ2v) is 2.40. The Morgan fingerprint density at radius 2 is 1.80 bits per heavy atom. The van der Waals surface area contributed by atoms with Crippen molar-refractivity contribution in [2.45, 2.75) is 12.0 Å². The van der Waals surface area contributed by atoms with Gasteiger partial charge in [-0.1, -0.05) is 0 Å². The molecule has 0 spiro atoms. The fraction of sp³-hybridized carbons (Fsp3) is 0.833. The number of carbonyl (C=O) groups is 1. The molecule has 15 heavy (non-hydrogen) atoms. The Morgan fingerprint density at radius 1 is 1.33 bits per heavy atom. The number of nitrogens with zero attached hydrogens (tertiary/aromatic N) is 1. The molecule has 0 saturated carbocycles. The number of amides is 1. The smallest absolute Gasteiger partial charge is 0.378 e. The maximum absolute atomic E-state index is 12.4. The van der Waals surface area contributed by atoms with E-state index in [2.05, 4.69) is 9.57 Å². The zero-order chi connectivity index (χ0) is 12.3. The second-order valence-electron chi connectivity index (χ2n) is 2.40. The fourth-order valence-corrected chi connectivity index (χ4v) is 0.401. The minimum atomic E-state index is -5.23. The molecule has 0 fully saturated rings. The van der Waals surface area contributed by atoms with E-state index in [-0.39, 0.29) is 5.06 Å². The van der Waals surface area contributed by atoms with Crippen molar-refractivity contribution in [3.05, 3.63) is 0 Å². The maximum atomic E-state index is 12.4. The van der Waals surface area contributed by atoms with Crippen molar-refractivity contribution < 1.29 is 36.3 Å². The molecule has 0 rings (SSSR count). The van der Waals surface area contributed by atoms with Crippen molar-refractivity contribution in [2.75, 3.05) is 20.8 Å². The van der Waals surface area contributed by atoms with Gasteiger partial charge in [-0.15, -0.1) is 0 Å². The molecule has 0 bridgehead atoms. The van der Waals surface area contributed by atoms with Crippen LogP contribution in [0.25, 0.3) is 0 Å². The quantitative estimate of drug-likeness (QED) is 0.553. The summed E-state index contributed by atoms with van der Waals surface area (Å²) in [7, 11) is 1.78. The van der Waals surface area contributed by atoms with Crippen molar-refractivity contribution in [3.8, 4) is 0 Å². The van der Waals surface area contributed by atoms with Gasteiger partial charge in [0.05, 0.1) is 7.11 Å². The number of alkyl halides is 5. The molecular formula is C6H8F5NO3. The summed E-state index contributed by atoms with van der Waals surface area (Å²) in [5, 5.41) is 0.141. The van der Waals surface area contributed by atoms with Gasteiger partial charge < -0.3 is 4.74 Å². The number of ether oxygens (including phenoxy) is 1. The van der Waals surface area contributed by atoms with Crippen molar-refractivity contribution in [2.24, 2.45) is 0 Å². The van der Waals surface area contributed by atoms with Crippen molar-refractivity contribution in [3.63, 3.8) is 0 Å². The highest BCUT2D eigenvalue weighted by Gasteiger charge is 2.61. The van der Waals surface area contributed by atoms with Gasteiger partial charge in [-0.3, -0.25) is 4.84 Å². The van der Waals surface area contributed by atoms with E-state index in [0.29, 0.717) is 0 Å². The predicted octanol–water partition coefficient (Wildman–Crippen LogP) is 1.81. The Kier molecular flexibility index (Phi) is 4.26. The Morgan fingerprint density at radius 3 is 2.13 bits per heavy atom. The summed E-state index contributed by atoms with van der Waals surface area (Å²) in [6.07, 6.45) is -7.10. The van der Waals surface area contributed by atoms with Gasteiger partial charge in [0, 0.05) is 7.05 Å². The lowest BCUT2D eigenvalue weighted by atomic mass is 10.3. The van der Waals surface area contributed by atoms with E-state index in [4.69, 9.17) is 0 Å². The second kappa shape index (κ2) is 4.60. The highest BCUT2D eigenvalue weighted by atomic mass is 19.3. The summed E-state index contributed by atoms with van der Waals surface area (Å²) in [6.45, 7) is -2.65. The standard InChI is InChI=1S/C6H8F5NO3/c1-12(14-2)4(13)15-6(10,11)5(8,9)3-7/h3H2,1-2H3. The van der Waals surface area contributed by atoms with Gasteiger partial charge in [0.1, 0.15) is 0 Å². The van der Waals surface area contributed by atoms with Crippen LogP contribution < -0.4 is 0 Å². The molecule has 0 aromatic carbocycles. The summed E-state index contributed by atoms with van der Waals surface area (Å²) in [5.41, 5.74) is 0. The zero-order valence-corrected chi connectivity index (χ0v) is 7.77. The minimum absolute atomic E-state index is 0.141. The van der Waals surface area contributed by atoms with Crippen LogP contribution in [0.15, 0.2) is 0 Å². The highest BCUT2D eigenvalue weighted by Crippen LogP contribution is 2.35. The molecule has 0 aliphatic carbocycles. The Bertz CT molecular complexity index is 235. The van der Waals surface area contributed by atoms with Crippen molar-refractivity contribution in [1.82, 2.24) is 5.06 Å². The third-order valence-corrected chi connectivity index (χ3v) is 1.34. The van der Waals surface area contributed by atoms with E-state index in [1.54, 1.807) is 0 Å². The first kappa shape index (κ1) is 13.9. The van der Waals surface area contributed by atoms with Crippen LogP contribution in [0, 0.1) is 0 Å². The van der Waals surface area contributed by atoms with Crippen LogP contribution >= 0.6 is 0 Å². The van der Waals surface area contributed by atoms with Crippen LogP contribution in [-0.2, 0) is 9.57 Å². The van der Waals surface area contributed by atoms with Crippen LogP contribution in [0.2, 0.25) is 0 Å². The lowest BCUT2D eigenvalue weighted by molar-refractivity contribution is -0.331. The van der Waals surface area contributed by atoms with E-state index >= 15 is 0 Å². The summed E-state index contributed by atoms with van der Waals surface area (Å²) < 4.78 is 63.9. The van der Waals surface area contributed by atoms with Gasteiger partial charge in [-0.2, -0.15) is 22.6 Å². The molecule has 1 amide bonds. The fourth-order valence-electron chi connectivity index (χ4n) is 0.401. The SMILES string of the molecule is CON(C)C(=O)OC(F)(F)C(F)(F)CF. The molecule has 0 aromatic rings. The summed E-state index contributed by atoms with van der Waals surface area (Å²) in [5.74, 6) is -5.07. The first-order valence-electron chi connectivity index (χ1n) is 3.50. The lowest BCUT2D eigenvalue weighted by Gasteiger charge is -2.24. The third-order valence-electron chi connectivity index (χ3n) is 1.34. The Hall–Kier alpha value is -1.12. The number of hydroxylamine groups is 2. The van der Waals surface area contributed by atoms with Crippen LogP contribution in [0.3, 0.4) is 0 Å². The predicted molar refractivity (Wildman–Crippen MR) is 37.1 cm³/mol. The molecular weight excluding hydrogens is 229 g/mol. The number of carbonyl (C=O) groups excluding carboxylic acids is 1. The van der Waals surface area contributed by atoms with Crippen LogP contribution in [0.1, 0.15) is 0 Å². The van der Waals surface area contributed by atoms with Crippen molar-refractivity contribution >= 4 is 6.09 Å². The normalized spacial score (nSPS) is 12.5. The summed E-state index contributed by atoms with van der Waals surface area (Å²) in [4.78, 5) is 14.7. The van der Waals surface area contributed by atoms with Crippen molar-refractivity contribution in [1.29, 1.82) is 0 Å². The van der Waals surface area contributed by atoms with Crippen LogP contribution in [0.4, 0.5) is 26.7 Å². The molecule has 0 aromatic heterocycles. The van der Waals surface area contributed by atoms with E-state index in [0.717, 1.165) is 14.2 Å². The van der Waals surface area contributed by atoms with Gasteiger partial charge in [0.2, 0.25) is 0 Å². The number of hydrogen-bond donors (Lipinski definition) is 0. The van der Waals surface area contributed by atoms with Crippen LogP contribution in [-0.4, -0.2) is 44.0 Å². The van der Waals surface area contributed by atoms with Gasteiger partial charge in [0.15, 0.2) is 6.67 Å². The Balaban J connectivity index is 4.57. The van der Waals surface area contributed by atoms with Gasteiger partial charge in [0.25, 0.3) is 0 Å².